The molecule has 1 fully saturated rings. The molecule has 1 aromatic carbocycles. The van der Waals surface area contributed by atoms with Crippen LogP contribution in [0.1, 0.15) is 12.8 Å². The van der Waals surface area contributed by atoms with E-state index >= 15 is 0 Å². The number of nitrogens with one attached hydrogen (secondary N) is 1. The minimum atomic E-state index is -0.461. The third-order valence-corrected chi connectivity index (χ3v) is 3.13. The van der Waals surface area contributed by atoms with Crippen molar-refractivity contribution in [2.24, 2.45) is 0 Å². The summed E-state index contributed by atoms with van der Waals surface area (Å²) in [6.07, 6.45) is 2.38. The van der Waals surface area contributed by atoms with E-state index in [-0.39, 0.29) is 11.8 Å². The molecule has 7 heteroatoms. The second kappa shape index (κ2) is 4.85. The molecule has 0 saturated carbocycles. The van der Waals surface area contributed by atoms with Crippen LogP contribution in [0.5, 0.6) is 6.08 Å². The van der Waals surface area contributed by atoms with Gasteiger partial charge in [-0.3, -0.25) is 10.1 Å². The first kappa shape index (κ1) is 11.9. The van der Waals surface area contributed by atoms with Gasteiger partial charge in [0.1, 0.15) is 12.1 Å². The van der Waals surface area contributed by atoms with E-state index in [4.69, 9.17) is 9.15 Å². The summed E-state index contributed by atoms with van der Waals surface area (Å²) in [5.74, 6) is 0. The van der Waals surface area contributed by atoms with Crippen LogP contribution in [0.25, 0.3) is 11.1 Å². The van der Waals surface area contributed by atoms with Gasteiger partial charge >= 0.3 is 6.08 Å². The number of ether oxygens (including phenoxy) is 1. The van der Waals surface area contributed by atoms with Gasteiger partial charge in [0.05, 0.1) is 4.92 Å². The predicted molar refractivity (Wildman–Crippen MR) is 67.2 cm³/mol. The maximum Gasteiger partial charge on any atom is 0.394 e. The average molecular weight is 263 g/mol. The van der Waals surface area contributed by atoms with Crippen molar-refractivity contribution in [3.8, 4) is 6.08 Å². The number of aromatic nitrogens is 1. The topological polar surface area (TPSA) is 90.4 Å². The maximum atomic E-state index is 10.7. The molecule has 7 nitrogen and oxygen atoms in total. The van der Waals surface area contributed by atoms with E-state index in [0.717, 1.165) is 19.4 Å². The van der Waals surface area contributed by atoms with Gasteiger partial charge in [-0.25, -0.2) is 0 Å². The molecule has 1 aliphatic heterocycles. The Labute approximate surface area is 108 Å². The van der Waals surface area contributed by atoms with Crippen LogP contribution in [0.2, 0.25) is 0 Å². The van der Waals surface area contributed by atoms with Crippen molar-refractivity contribution in [2.45, 2.75) is 18.9 Å². The molecule has 100 valence electrons. The number of hydrogen-bond acceptors (Lipinski definition) is 6. The molecule has 1 atom stereocenters. The first-order valence-corrected chi connectivity index (χ1v) is 6.13. The van der Waals surface area contributed by atoms with E-state index in [2.05, 4.69) is 10.3 Å². The first-order valence-electron chi connectivity index (χ1n) is 6.13. The Hall–Kier alpha value is -2.15. The zero-order valence-corrected chi connectivity index (χ0v) is 10.2. The Morgan fingerprint density at radius 3 is 3.21 bits per heavy atom. The summed E-state index contributed by atoms with van der Waals surface area (Å²) in [7, 11) is 0. The molecular weight excluding hydrogens is 250 g/mol. The Balaban J connectivity index is 1.75. The van der Waals surface area contributed by atoms with Crippen molar-refractivity contribution in [3.63, 3.8) is 0 Å². The van der Waals surface area contributed by atoms with Crippen LogP contribution in [0, 0.1) is 10.1 Å². The van der Waals surface area contributed by atoms with Gasteiger partial charge in [0, 0.05) is 18.2 Å². The fraction of sp³-hybridized carbons (Fsp3) is 0.417. The van der Waals surface area contributed by atoms with E-state index in [1.54, 1.807) is 0 Å². The molecular formula is C12H13N3O4. The van der Waals surface area contributed by atoms with Crippen molar-refractivity contribution in [1.29, 1.82) is 0 Å². The molecule has 0 radical (unpaired) electrons. The van der Waals surface area contributed by atoms with Crippen LogP contribution < -0.4 is 10.1 Å². The maximum absolute atomic E-state index is 10.7. The molecule has 3 rings (SSSR count). The second-order valence-corrected chi connectivity index (χ2v) is 4.49. The minimum absolute atomic E-state index is 0.00944. The van der Waals surface area contributed by atoms with E-state index in [0.29, 0.717) is 23.7 Å². The first-order chi connectivity index (χ1) is 9.22. The highest BCUT2D eigenvalue weighted by molar-refractivity contribution is 5.75. The summed E-state index contributed by atoms with van der Waals surface area (Å²) in [5, 5.41) is 14.0. The van der Waals surface area contributed by atoms with Crippen LogP contribution in [0.3, 0.4) is 0 Å². The lowest BCUT2D eigenvalue weighted by Crippen LogP contribution is -2.28. The third-order valence-electron chi connectivity index (χ3n) is 3.13. The summed E-state index contributed by atoms with van der Waals surface area (Å²) < 4.78 is 10.8. The SMILES string of the molecule is O=[N+]([O-])c1ccc2oc(OCC3CCCN3)nc2c1. The molecule has 0 spiro atoms. The Kier molecular flexibility index (Phi) is 3.04. The summed E-state index contributed by atoms with van der Waals surface area (Å²) in [6, 6.07) is 4.61. The minimum Gasteiger partial charge on any atom is -0.449 e. The van der Waals surface area contributed by atoms with Gasteiger partial charge in [-0.05, 0) is 25.5 Å². The smallest absolute Gasteiger partial charge is 0.394 e. The Morgan fingerprint density at radius 2 is 2.47 bits per heavy atom. The molecule has 0 amide bonds. The van der Waals surface area contributed by atoms with Gasteiger partial charge in [0.15, 0.2) is 5.58 Å². The number of non-ortho nitro benzene ring substituents is 1. The quantitative estimate of drug-likeness (QED) is 0.668. The number of oxazole rings is 1. The largest absolute Gasteiger partial charge is 0.449 e. The van der Waals surface area contributed by atoms with Crippen LogP contribution in [-0.2, 0) is 0 Å². The Morgan fingerprint density at radius 1 is 1.58 bits per heavy atom. The molecule has 1 N–H and O–H groups in total. The molecule has 1 unspecified atom stereocenters. The van der Waals surface area contributed by atoms with E-state index in [1.165, 1.54) is 18.2 Å². The number of benzene rings is 1. The fourth-order valence-corrected chi connectivity index (χ4v) is 2.14. The summed E-state index contributed by atoms with van der Waals surface area (Å²) >= 11 is 0. The van der Waals surface area contributed by atoms with Crippen LogP contribution in [0.15, 0.2) is 22.6 Å². The number of nitro benzene ring substituents is 1. The number of hydrogen-bond donors (Lipinski definition) is 1. The zero-order chi connectivity index (χ0) is 13.2. The summed E-state index contributed by atoms with van der Waals surface area (Å²) in [5.41, 5.74) is 0.911. The van der Waals surface area contributed by atoms with E-state index in [1.807, 2.05) is 0 Å². The van der Waals surface area contributed by atoms with Crippen molar-refractivity contribution >= 4 is 16.8 Å². The van der Waals surface area contributed by atoms with Gasteiger partial charge < -0.3 is 14.5 Å². The van der Waals surface area contributed by atoms with Crippen molar-refractivity contribution in [2.75, 3.05) is 13.2 Å². The lowest BCUT2D eigenvalue weighted by Gasteiger charge is -2.08. The van der Waals surface area contributed by atoms with Crippen molar-refractivity contribution in [1.82, 2.24) is 10.3 Å². The van der Waals surface area contributed by atoms with E-state index < -0.39 is 4.92 Å². The van der Waals surface area contributed by atoms with Gasteiger partial charge in [-0.15, -0.1) is 0 Å². The molecule has 1 saturated heterocycles. The molecule has 2 heterocycles. The number of fused-ring (bicyclic) bond motifs is 1. The van der Waals surface area contributed by atoms with Crippen LogP contribution >= 0.6 is 0 Å². The van der Waals surface area contributed by atoms with Gasteiger partial charge in [0.2, 0.25) is 0 Å². The molecule has 0 bridgehead atoms. The van der Waals surface area contributed by atoms with Gasteiger partial charge in [-0.1, -0.05) is 0 Å². The molecule has 0 aliphatic carbocycles. The normalized spacial score (nSPS) is 18.8. The number of nitrogens with zero attached hydrogens (tertiary/aromatic N) is 2. The number of rotatable bonds is 4. The molecule has 2 aromatic rings. The summed E-state index contributed by atoms with van der Waals surface area (Å²) in [4.78, 5) is 14.3. The highest BCUT2D eigenvalue weighted by Crippen LogP contribution is 2.24. The van der Waals surface area contributed by atoms with Crippen LogP contribution in [-0.4, -0.2) is 29.1 Å². The second-order valence-electron chi connectivity index (χ2n) is 4.49. The zero-order valence-electron chi connectivity index (χ0n) is 10.2. The lowest BCUT2D eigenvalue weighted by molar-refractivity contribution is -0.384. The van der Waals surface area contributed by atoms with Crippen molar-refractivity contribution in [3.05, 3.63) is 28.3 Å². The monoisotopic (exact) mass is 263 g/mol. The molecule has 1 aliphatic rings. The molecule has 1 aromatic heterocycles. The van der Waals surface area contributed by atoms with E-state index in [9.17, 15) is 10.1 Å². The highest BCUT2D eigenvalue weighted by atomic mass is 16.6. The van der Waals surface area contributed by atoms with Crippen molar-refractivity contribution < 1.29 is 14.1 Å². The summed E-state index contributed by atoms with van der Waals surface area (Å²) in [6.45, 7) is 1.50. The average Bonchev–Trinajstić information content (AvgIpc) is 3.04. The lowest BCUT2D eigenvalue weighted by atomic mass is 10.2. The van der Waals surface area contributed by atoms with Gasteiger partial charge in [-0.2, -0.15) is 4.98 Å². The fourth-order valence-electron chi connectivity index (χ4n) is 2.14. The number of nitro groups is 1. The predicted octanol–water partition coefficient (Wildman–Crippen LogP) is 1.87. The Bertz CT molecular complexity index is 604. The van der Waals surface area contributed by atoms with Crippen LogP contribution in [0.4, 0.5) is 5.69 Å². The molecule has 19 heavy (non-hydrogen) atoms. The van der Waals surface area contributed by atoms with Gasteiger partial charge in [0.25, 0.3) is 5.69 Å². The highest BCUT2D eigenvalue weighted by Gasteiger charge is 2.17. The standard InChI is InChI=1S/C12H13N3O4/c16-15(17)9-3-4-11-10(6-9)14-12(19-11)18-7-8-2-1-5-13-8/h3-4,6,8,13H,1-2,5,7H2. The third kappa shape index (κ3) is 2.50.